The summed E-state index contributed by atoms with van der Waals surface area (Å²) in [5.74, 6) is 0.839. The normalized spacial score (nSPS) is 26.6. The number of hydrogen-bond acceptors (Lipinski definition) is 34. The Labute approximate surface area is 777 Å². The lowest BCUT2D eigenvalue weighted by Gasteiger charge is -2.43. The summed E-state index contributed by atoms with van der Waals surface area (Å²) in [4.78, 5) is 48.3. The van der Waals surface area contributed by atoms with Crippen LogP contribution in [-0.4, -0.2) is 272 Å². The minimum absolute atomic E-state index is 0.0894. The summed E-state index contributed by atoms with van der Waals surface area (Å²) in [6.45, 7) is 56.4. The minimum Gasteiger partial charge on any atom is -0.463 e. The standard InChI is InChI=1S/C87H152N5O33P5/c1-66-57-79(125-129(96,98-18)118-56-39-92-17)83(121-66)61-119-130(97,117-52-31-35-88)120-65-87(62-99-40-32-49-111-126(114-53-36-89-14)108-46-28-22-19-25-43-102-84-73(8)67(2)70(5)80(122-84)58-105-76(11)93,63-100-41-33-50-112-127(115-54-37-90-15)109-47-29-23-20-26-44-103-85-74(9)68(3)71(6)81(123-85)59-106-77(12)94)64-101-42-34-51-113-128(116-55-38-91-16)110-48-30-24-21-27-45-104-86-75(10)69(4)72(7)82(124-86)60-107-78(13)95/h66-75,79-86H,19-34,36-65H2,1-13,18H3/t66-,67-,68-,69-,70+,71+,72+,73?,74?,75?,79?,80?,81?,82?,83+,84+,85+,86+,87?,126?,127?,128?,129?,130?/m0/s1. The van der Waals surface area contributed by atoms with Crippen molar-refractivity contribution in [3.63, 3.8) is 0 Å². The van der Waals surface area contributed by atoms with E-state index in [1.54, 1.807) is 6.92 Å². The Hall–Kier alpha value is -3.39. The molecule has 0 aromatic carbocycles. The fourth-order valence-corrected chi connectivity index (χ4v) is 19.5. The Morgan fingerprint density at radius 2 is 0.692 bits per heavy atom. The van der Waals surface area contributed by atoms with Crippen molar-refractivity contribution >= 4 is 59.4 Å². The highest BCUT2D eigenvalue weighted by Gasteiger charge is 2.46. The van der Waals surface area contributed by atoms with Crippen LogP contribution in [0.25, 0.3) is 19.4 Å². The van der Waals surface area contributed by atoms with Crippen molar-refractivity contribution in [1.82, 2.24) is 0 Å². The first kappa shape index (κ1) is 119. The molecule has 23 atom stereocenters. The predicted octanol–water partition coefficient (Wildman–Crippen LogP) is 17.4. The lowest BCUT2D eigenvalue weighted by atomic mass is 9.79. The van der Waals surface area contributed by atoms with Gasteiger partial charge < -0.3 is 122 Å². The second-order valence-corrected chi connectivity index (χ2v) is 40.2. The number of hydrogen-bond donors (Lipinski definition) is 0. The van der Waals surface area contributed by atoms with E-state index >= 15 is 4.57 Å². The average molecular weight is 1950 g/mol. The second kappa shape index (κ2) is 71.1. The van der Waals surface area contributed by atoms with Gasteiger partial charge >= 0.3 is 59.4 Å². The van der Waals surface area contributed by atoms with Crippen molar-refractivity contribution in [3.05, 3.63) is 45.7 Å². The summed E-state index contributed by atoms with van der Waals surface area (Å²) in [6.07, 6.45) is 5.97. The van der Waals surface area contributed by atoms with Crippen LogP contribution in [-0.2, 0) is 153 Å². The molecule has 0 aromatic heterocycles. The van der Waals surface area contributed by atoms with Crippen LogP contribution in [0.15, 0.2) is 0 Å². The number of nitrogens with zero attached hydrogens (tertiary/aromatic N) is 5. The van der Waals surface area contributed by atoms with Gasteiger partial charge in [-0.25, -0.2) is 35.4 Å². The number of phosphoric acid groups is 2. The Morgan fingerprint density at radius 1 is 0.369 bits per heavy atom. The molecule has 0 amide bonds. The number of phosphoric ester groups is 2. The molecule has 4 saturated heterocycles. The molecule has 0 N–H and O–H groups in total. The van der Waals surface area contributed by atoms with E-state index in [1.807, 2.05) is 6.07 Å². The summed E-state index contributed by atoms with van der Waals surface area (Å²) < 4.78 is 197. The van der Waals surface area contributed by atoms with Crippen molar-refractivity contribution in [2.45, 2.75) is 255 Å². The van der Waals surface area contributed by atoms with Crippen molar-refractivity contribution in [2.24, 2.45) is 58.7 Å². The summed E-state index contributed by atoms with van der Waals surface area (Å²) in [5.41, 5.74) is -1.34. The zero-order valence-corrected chi connectivity index (χ0v) is 83.8. The summed E-state index contributed by atoms with van der Waals surface area (Å²) in [7, 11) is -13.4. The average Bonchev–Trinajstić information content (AvgIpc) is 1.39. The molecule has 0 aliphatic carbocycles. The van der Waals surface area contributed by atoms with Gasteiger partial charge in [-0.2, -0.15) is 5.26 Å². The van der Waals surface area contributed by atoms with Gasteiger partial charge in [0.1, 0.15) is 58.5 Å². The quantitative estimate of drug-likeness (QED) is 0.0179. The highest BCUT2D eigenvalue weighted by Crippen LogP contribution is 2.55. The third kappa shape index (κ3) is 50.3. The lowest BCUT2D eigenvalue weighted by Crippen LogP contribution is -2.47. The maximum Gasteiger partial charge on any atom is 0.475 e. The van der Waals surface area contributed by atoms with Crippen molar-refractivity contribution in [2.75, 3.05) is 198 Å². The molecule has 130 heavy (non-hydrogen) atoms. The van der Waals surface area contributed by atoms with Crippen LogP contribution >= 0.6 is 41.5 Å². The molecule has 4 aliphatic heterocycles. The van der Waals surface area contributed by atoms with E-state index in [0.29, 0.717) is 95.9 Å². The van der Waals surface area contributed by atoms with Crippen molar-refractivity contribution < 1.29 is 153 Å². The van der Waals surface area contributed by atoms with Crippen LogP contribution in [0.4, 0.5) is 0 Å². The second-order valence-electron chi connectivity index (χ2n) is 33.1. The van der Waals surface area contributed by atoms with E-state index in [9.17, 15) is 24.2 Å². The van der Waals surface area contributed by atoms with Gasteiger partial charge in [0, 0.05) is 91.7 Å². The van der Waals surface area contributed by atoms with Crippen molar-refractivity contribution in [1.29, 1.82) is 5.26 Å². The van der Waals surface area contributed by atoms with E-state index in [1.165, 1.54) is 20.8 Å². The van der Waals surface area contributed by atoms with Gasteiger partial charge in [-0.15, -0.1) is 0 Å². The van der Waals surface area contributed by atoms with E-state index in [-0.39, 0.29) is 223 Å². The molecule has 0 bridgehead atoms. The van der Waals surface area contributed by atoms with Gasteiger partial charge in [-0.3, -0.25) is 41.5 Å². The van der Waals surface area contributed by atoms with Crippen LogP contribution in [0.2, 0.25) is 0 Å². The van der Waals surface area contributed by atoms with Crippen LogP contribution in [0.1, 0.15) is 199 Å². The van der Waals surface area contributed by atoms with E-state index in [4.69, 9.17) is 156 Å². The van der Waals surface area contributed by atoms with E-state index in [2.05, 4.69) is 81.7 Å². The first-order valence-corrected chi connectivity index (χ1v) is 52.2. The molecule has 38 nitrogen and oxygen atoms in total. The van der Waals surface area contributed by atoms with Crippen LogP contribution in [0.3, 0.4) is 0 Å². The number of nitriles is 1. The highest BCUT2D eigenvalue weighted by molar-refractivity contribution is 7.48. The SMILES string of the molecule is [C-]#[N+]CCOP(OCCCCCCO[C@@H]1OC(COC(C)=O)[C@H](C)[C@H](C)C1C)OCCCOCC(COCCCOP(OCCCCCCO[C@@H]1OC(COC(C)=O)[C@H](C)[C@H](C)C1C)OCC[N+]#[C-])(COCCCOP(OCCCCCCO[C@@H]1OC(COC(C)=O)[C@H](C)[C@H](C)C1C)OCC[N+]#[C-])COP(=O)(OCCC#N)OC[C@H]1O[C@@H](C)CC1OP(=O)(OC)OCC[N+]#[C-]. The Morgan fingerprint density at radius 3 is 1.02 bits per heavy atom. The predicted molar refractivity (Wildman–Crippen MR) is 481 cm³/mol. The Kier molecular flexibility index (Phi) is 65.1. The maximum atomic E-state index is 15.2. The largest absolute Gasteiger partial charge is 0.475 e. The molecule has 12 unspecified atom stereocenters. The monoisotopic (exact) mass is 1950 g/mol. The molecule has 43 heteroatoms. The Bertz CT molecular complexity index is 3100. The maximum absolute atomic E-state index is 15.2. The molecule has 4 fully saturated rings. The highest BCUT2D eigenvalue weighted by atomic mass is 31.2. The third-order valence-electron chi connectivity index (χ3n) is 22.9. The molecule has 4 rings (SSSR count). The van der Waals surface area contributed by atoms with Gasteiger partial charge in [0.25, 0.3) is 0 Å². The lowest BCUT2D eigenvalue weighted by molar-refractivity contribution is -0.255. The number of carbonyl (C=O) groups excluding carboxylic acids is 3. The van der Waals surface area contributed by atoms with Crippen molar-refractivity contribution in [3.8, 4) is 6.07 Å². The van der Waals surface area contributed by atoms with Gasteiger partial charge in [0.2, 0.25) is 26.2 Å². The zero-order valence-electron chi connectivity index (χ0n) is 79.4. The molecule has 748 valence electrons. The fourth-order valence-electron chi connectivity index (χ4n) is 14.1. The number of unbranched alkanes of at least 4 members (excludes halogenated alkanes) is 9. The van der Waals surface area contributed by atoms with E-state index in [0.717, 1.165) is 64.9 Å². The van der Waals surface area contributed by atoms with Gasteiger partial charge in [-0.05, 0) is 100 Å². The molecule has 0 radical (unpaired) electrons. The molecule has 0 aromatic rings. The topological polar surface area (TPSA) is 385 Å². The first-order valence-electron chi connectivity index (χ1n) is 46.0. The number of ether oxygens (including phenoxy) is 13. The fraction of sp³-hybridized carbons (Fsp3) is 0.908. The third-order valence-corrected chi connectivity index (χ3v) is 29.3. The molecule has 4 aliphatic rings. The number of carbonyl (C=O) groups is 3. The molecule has 0 saturated carbocycles. The van der Waals surface area contributed by atoms with E-state index < -0.39 is 97.3 Å². The molecule has 0 spiro atoms. The first-order chi connectivity index (χ1) is 62.6. The van der Waals surface area contributed by atoms with Gasteiger partial charge in [0.15, 0.2) is 18.9 Å². The minimum atomic E-state index is -4.73. The van der Waals surface area contributed by atoms with Crippen LogP contribution < -0.4 is 0 Å². The molecular formula is C87H152N5O33P5. The summed E-state index contributed by atoms with van der Waals surface area (Å²) in [5, 5.41) is 9.68. The summed E-state index contributed by atoms with van der Waals surface area (Å²) in [6, 6.07) is 1.99. The molecule has 4 heterocycles. The zero-order chi connectivity index (χ0) is 95.2. The molecular weight excluding hydrogens is 1800 g/mol. The number of rotatable bonds is 78. The summed E-state index contributed by atoms with van der Waals surface area (Å²) >= 11 is 0. The Balaban J connectivity index is 1.51. The van der Waals surface area contributed by atoms with Crippen LogP contribution in [0, 0.1) is 96.3 Å². The van der Waals surface area contributed by atoms with Crippen LogP contribution in [0.5, 0.6) is 0 Å². The smallest absolute Gasteiger partial charge is 0.463 e. The number of esters is 3. The van der Waals surface area contributed by atoms with Gasteiger partial charge in [-0.1, -0.05) is 101 Å². The van der Waals surface area contributed by atoms with Gasteiger partial charge in [0.05, 0.1) is 122 Å².